The van der Waals surface area contributed by atoms with Gasteiger partial charge in [-0.1, -0.05) is 23.7 Å². The first-order valence-electron chi connectivity index (χ1n) is 10.8. The normalized spacial score (nSPS) is 12.3. The molecule has 0 saturated heterocycles. The predicted molar refractivity (Wildman–Crippen MR) is 134 cm³/mol. The highest BCUT2D eigenvalue weighted by molar-refractivity contribution is 8.00. The molecule has 0 aliphatic heterocycles. The van der Waals surface area contributed by atoms with E-state index in [4.69, 9.17) is 21.1 Å². The molecule has 1 unspecified atom stereocenters. The van der Waals surface area contributed by atoms with Crippen molar-refractivity contribution < 1.29 is 19.1 Å². The number of carbonyl (C=O) groups excluding carboxylic acids is 2. The van der Waals surface area contributed by atoms with Crippen LogP contribution in [-0.4, -0.2) is 45.0 Å². The summed E-state index contributed by atoms with van der Waals surface area (Å²) in [5.41, 5.74) is 1.78. The van der Waals surface area contributed by atoms with E-state index < -0.39 is 16.6 Å². The fourth-order valence-corrected chi connectivity index (χ4v) is 4.43. The van der Waals surface area contributed by atoms with Gasteiger partial charge in [0, 0.05) is 23.4 Å². The second-order valence-electron chi connectivity index (χ2n) is 8.12. The maximum atomic E-state index is 13.7. The average molecular weight is 502 g/mol. The maximum Gasteiger partial charge on any atom is 0.324 e. The van der Waals surface area contributed by atoms with E-state index in [0.717, 1.165) is 16.9 Å². The van der Waals surface area contributed by atoms with Crippen LogP contribution in [0.2, 0.25) is 5.02 Å². The first-order valence-corrected chi connectivity index (χ1v) is 12.2. The number of methoxy groups -OCH3 is 1. The molecule has 1 aromatic heterocycles. The molecular weight excluding hydrogens is 474 g/mol. The van der Waals surface area contributed by atoms with Crippen molar-refractivity contribution in [2.24, 2.45) is 7.05 Å². The fraction of sp³-hybridized carbons (Fsp3) is 0.360. The molecule has 34 heavy (non-hydrogen) atoms. The first kappa shape index (κ1) is 25.8. The van der Waals surface area contributed by atoms with Gasteiger partial charge in [-0.05, 0) is 62.7 Å². The number of rotatable bonds is 10. The van der Waals surface area contributed by atoms with Crippen molar-refractivity contribution in [2.75, 3.05) is 13.7 Å². The molecule has 7 nitrogen and oxygen atoms in total. The molecule has 0 amide bonds. The van der Waals surface area contributed by atoms with Crippen LogP contribution < -0.4 is 4.74 Å². The van der Waals surface area contributed by atoms with Gasteiger partial charge in [-0.3, -0.25) is 14.3 Å². The molecule has 0 aliphatic rings. The van der Waals surface area contributed by atoms with E-state index in [9.17, 15) is 9.59 Å². The van der Waals surface area contributed by atoms with Gasteiger partial charge >= 0.3 is 5.97 Å². The largest absolute Gasteiger partial charge is 0.497 e. The molecule has 0 fully saturated rings. The van der Waals surface area contributed by atoms with Crippen molar-refractivity contribution in [3.8, 4) is 17.1 Å². The third-order valence-corrected chi connectivity index (χ3v) is 6.95. The molecule has 0 saturated carbocycles. The minimum Gasteiger partial charge on any atom is -0.497 e. The Morgan fingerprint density at radius 2 is 1.76 bits per heavy atom. The molecule has 0 aliphatic carbocycles. The van der Waals surface area contributed by atoms with Crippen LogP contribution in [0.4, 0.5) is 0 Å². The number of ketones is 1. The zero-order chi connectivity index (χ0) is 24.9. The molecule has 9 heteroatoms. The van der Waals surface area contributed by atoms with Crippen LogP contribution in [0.5, 0.6) is 5.75 Å². The Labute approximate surface area is 208 Å². The average Bonchev–Trinajstić information content (AvgIpc) is 3.20. The minimum atomic E-state index is -1.20. The third kappa shape index (κ3) is 5.98. The third-order valence-electron chi connectivity index (χ3n) is 5.29. The van der Waals surface area contributed by atoms with E-state index in [1.807, 2.05) is 38.1 Å². The van der Waals surface area contributed by atoms with Crippen molar-refractivity contribution in [3.63, 3.8) is 0 Å². The summed E-state index contributed by atoms with van der Waals surface area (Å²) in [6, 6.07) is 14.7. The van der Waals surface area contributed by atoms with Crippen molar-refractivity contribution in [1.82, 2.24) is 14.8 Å². The summed E-state index contributed by atoms with van der Waals surface area (Å²) in [5.74, 6) is -0.118. The van der Waals surface area contributed by atoms with E-state index in [2.05, 4.69) is 10.1 Å². The van der Waals surface area contributed by atoms with Gasteiger partial charge in [0.25, 0.3) is 0 Å². The van der Waals surface area contributed by atoms with Gasteiger partial charge in [0.1, 0.15) is 11.6 Å². The van der Waals surface area contributed by atoms with Gasteiger partial charge in [0.15, 0.2) is 17.5 Å². The highest BCUT2D eigenvalue weighted by Crippen LogP contribution is 2.35. The standard InChI is InChI=1S/C25H28ClN3O4S/c1-6-33-24(31)20(23-27-22(28-29(23)4)17-9-11-18(26)12-10-17)21(30)25(2,3)34-15-16-7-13-19(32-5)14-8-16/h7-14,20H,6,15H2,1-5H3. The molecule has 1 heterocycles. The number of carbonyl (C=O) groups is 2. The van der Waals surface area contributed by atoms with E-state index in [1.54, 1.807) is 45.3 Å². The van der Waals surface area contributed by atoms with Crippen LogP contribution in [0.3, 0.4) is 0 Å². The van der Waals surface area contributed by atoms with Gasteiger partial charge in [-0.2, -0.15) is 5.10 Å². The SMILES string of the molecule is CCOC(=O)C(C(=O)C(C)(C)SCc1ccc(OC)cc1)c1nc(-c2ccc(Cl)cc2)nn1C. The summed E-state index contributed by atoms with van der Waals surface area (Å²) in [5, 5.41) is 5.02. The number of benzene rings is 2. The summed E-state index contributed by atoms with van der Waals surface area (Å²) >= 11 is 7.44. The van der Waals surface area contributed by atoms with E-state index in [-0.39, 0.29) is 18.2 Å². The number of hydrogen-bond acceptors (Lipinski definition) is 7. The lowest BCUT2D eigenvalue weighted by atomic mass is 9.93. The first-order chi connectivity index (χ1) is 16.2. The number of halogens is 1. The highest BCUT2D eigenvalue weighted by Gasteiger charge is 2.42. The Kier molecular flexibility index (Phi) is 8.38. The smallest absolute Gasteiger partial charge is 0.324 e. The number of thioether (sulfide) groups is 1. The summed E-state index contributed by atoms with van der Waals surface area (Å²) in [6.07, 6.45) is 0. The van der Waals surface area contributed by atoms with Crippen molar-refractivity contribution in [3.05, 3.63) is 64.9 Å². The number of esters is 1. The van der Waals surface area contributed by atoms with Crippen LogP contribution >= 0.6 is 23.4 Å². The van der Waals surface area contributed by atoms with Gasteiger partial charge in [0.05, 0.1) is 18.5 Å². The lowest BCUT2D eigenvalue weighted by Gasteiger charge is -2.26. The molecule has 180 valence electrons. The molecule has 3 aromatic rings. The Morgan fingerprint density at radius 3 is 2.35 bits per heavy atom. The Bertz CT molecular complexity index is 1140. The van der Waals surface area contributed by atoms with Crippen LogP contribution in [0.15, 0.2) is 48.5 Å². The Hall–Kier alpha value is -2.84. The lowest BCUT2D eigenvalue weighted by Crippen LogP contribution is -2.38. The zero-order valence-corrected chi connectivity index (χ0v) is 21.4. The number of aromatic nitrogens is 3. The lowest BCUT2D eigenvalue weighted by molar-refractivity contribution is -0.148. The molecule has 0 radical (unpaired) electrons. The van der Waals surface area contributed by atoms with E-state index in [1.165, 1.54) is 16.4 Å². The van der Waals surface area contributed by atoms with E-state index in [0.29, 0.717) is 16.6 Å². The molecule has 2 aromatic carbocycles. The van der Waals surface area contributed by atoms with Crippen molar-refractivity contribution >= 4 is 35.1 Å². The second-order valence-corrected chi connectivity index (χ2v) is 10.2. The zero-order valence-electron chi connectivity index (χ0n) is 19.9. The van der Waals surface area contributed by atoms with Gasteiger partial charge in [-0.25, -0.2) is 4.98 Å². The summed E-state index contributed by atoms with van der Waals surface area (Å²) in [7, 11) is 3.28. The number of Topliss-reactive ketones (excluding diaryl/α,β-unsaturated/α-hetero) is 1. The van der Waals surface area contributed by atoms with E-state index >= 15 is 0 Å². The van der Waals surface area contributed by atoms with Gasteiger partial charge in [-0.15, -0.1) is 11.8 Å². The maximum absolute atomic E-state index is 13.7. The molecule has 3 rings (SSSR count). The number of hydrogen-bond donors (Lipinski definition) is 0. The van der Waals surface area contributed by atoms with Crippen LogP contribution in [-0.2, 0) is 27.1 Å². The monoisotopic (exact) mass is 501 g/mol. The molecule has 0 bridgehead atoms. The minimum absolute atomic E-state index is 0.157. The van der Waals surface area contributed by atoms with Crippen molar-refractivity contribution in [1.29, 1.82) is 0 Å². The molecule has 0 N–H and O–H groups in total. The van der Waals surface area contributed by atoms with Crippen molar-refractivity contribution in [2.45, 2.75) is 37.2 Å². The summed E-state index contributed by atoms with van der Waals surface area (Å²) in [6.45, 7) is 5.49. The molecule has 1 atom stereocenters. The highest BCUT2D eigenvalue weighted by atomic mass is 35.5. The Morgan fingerprint density at radius 1 is 1.12 bits per heavy atom. The number of nitrogens with zero attached hydrogens (tertiary/aromatic N) is 3. The number of ether oxygens (including phenoxy) is 2. The number of aryl methyl sites for hydroxylation is 1. The summed E-state index contributed by atoms with van der Waals surface area (Å²) in [4.78, 5) is 31.2. The van der Waals surface area contributed by atoms with Crippen LogP contribution in [0.1, 0.15) is 38.1 Å². The molecule has 0 spiro atoms. The quantitative estimate of drug-likeness (QED) is 0.283. The van der Waals surface area contributed by atoms with Gasteiger partial charge < -0.3 is 9.47 Å². The topological polar surface area (TPSA) is 83.3 Å². The predicted octanol–water partition coefficient (Wildman–Crippen LogP) is 5.07. The second kappa shape index (κ2) is 11.1. The Balaban J connectivity index is 1.88. The fourth-order valence-electron chi connectivity index (χ4n) is 3.33. The van der Waals surface area contributed by atoms with Gasteiger partial charge in [0.2, 0.25) is 0 Å². The van der Waals surface area contributed by atoms with Crippen LogP contribution in [0.25, 0.3) is 11.4 Å². The van der Waals surface area contributed by atoms with Crippen LogP contribution in [0, 0.1) is 0 Å². The molecular formula is C25H28ClN3O4S. The summed E-state index contributed by atoms with van der Waals surface area (Å²) < 4.78 is 11.0.